The maximum absolute atomic E-state index is 11.3. The topological polar surface area (TPSA) is 63.6 Å². The number of halogens is 1. The zero-order valence-corrected chi connectivity index (χ0v) is 11.2. The van der Waals surface area contributed by atoms with Crippen LogP contribution in [0.4, 0.5) is 0 Å². The van der Waals surface area contributed by atoms with Crippen molar-refractivity contribution in [1.82, 2.24) is 0 Å². The lowest BCUT2D eigenvalue weighted by atomic mass is 10.1. The molecule has 1 N–H and O–H groups in total. The van der Waals surface area contributed by atoms with Gasteiger partial charge in [0.2, 0.25) is 0 Å². The number of ketones is 1. The molecule has 0 amide bonds. The molecule has 4 nitrogen and oxygen atoms in total. The number of hydrogen-bond donors (Lipinski definition) is 1. The lowest BCUT2D eigenvalue weighted by Gasteiger charge is -2.21. The van der Waals surface area contributed by atoms with Crippen LogP contribution in [0.2, 0.25) is 0 Å². The van der Waals surface area contributed by atoms with Gasteiger partial charge in [0.25, 0.3) is 0 Å². The third-order valence-electron chi connectivity index (χ3n) is 2.19. The van der Waals surface area contributed by atoms with Gasteiger partial charge in [-0.15, -0.1) is 0 Å². The van der Waals surface area contributed by atoms with Crippen molar-refractivity contribution < 1.29 is 19.4 Å². The molecule has 0 saturated heterocycles. The first-order chi connectivity index (χ1) is 7.86. The average Bonchev–Trinajstić information content (AvgIpc) is 2.28. The largest absolute Gasteiger partial charge is 0.478 e. The van der Waals surface area contributed by atoms with Crippen LogP contribution in [0.25, 0.3) is 0 Å². The number of hydrogen-bond acceptors (Lipinski definition) is 3. The third kappa shape index (κ3) is 3.56. The highest BCUT2D eigenvalue weighted by molar-refractivity contribution is 9.09. The smallest absolute Gasteiger partial charge is 0.347 e. The van der Waals surface area contributed by atoms with Crippen LogP contribution < -0.4 is 4.74 Å². The second kappa shape index (κ2) is 5.31. The number of carboxylic acids is 1. The second-order valence-electron chi connectivity index (χ2n) is 4.00. The molecular weight excluding hydrogens is 288 g/mol. The fourth-order valence-corrected chi connectivity index (χ4v) is 1.45. The van der Waals surface area contributed by atoms with E-state index in [0.717, 1.165) is 0 Å². The Hall–Kier alpha value is -1.36. The van der Waals surface area contributed by atoms with Crippen LogP contribution in [0, 0.1) is 0 Å². The summed E-state index contributed by atoms with van der Waals surface area (Å²) in [5.41, 5.74) is -0.733. The standard InChI is InChI=1S/C12H13BrO4/c1-12(2,11(15)16)17-9-5-3-8(4-6-9)10(14)7-13/h3-6H,7H2,1-2H3,(H,15,16). The zero-order valence-electron chi connectivity index (χ0n) is 9.57. The highest BCUT2D eigenvalue weighted by Gasteiger charge is 2.29. The van der Waals surface area contributed by atoms with E-state index in [1.165, 1.54) is 13.8 Å². The van der Waals surface area contributed by atoms with E-state index in [1.807, 2.05) is 0 Å². The molecule has 0 heterocycles. The molecule has 1 rings (SSSR count). The molecule has 0 bridgehead atoms. The van der Waals surface area contributed by atoms with Crippen LogP contribution in [0.5, 0.6) is 5.75 Å². The predicted molar refractivity (Wildman–Crippen MR) is 66.9 cm³/mol. The van der Waals surface area contributed by atoms with Gasteiger partial charge in [-0.1, -0.05) is 15.9 Å². The Bertz CT molecular complexity index is 423. The van der Waals surface area contributed by atoms with Gasteiger partial charge in [0.15, 0.2) is 11.4 Å². The molecule has 92 valence electrons. The highest BCUT2D eigenvalue weighted by atomic mass is 79.9. The summed E-state index contributed by atoms with van der Waals surface area (Å²) in [7, 11) is 0. The molecule has 0 aromatic heterocycles. The van der Waals surface area contributed by atoms with Crippen molar-refractivity contribution in [1.29, 1.82) is 0 Å². The summed E-state index contributed by atoms with van der Waals surface area (Å²) in [4.78, 5) is 22.2. The van der Waals surface area contributed by atoms with Gasteiger partial charge in [-0.25, -0.2) is 4.79 Å². The molecule has 0 aliphatic rings. The van der Waals surface area contributed by atoms with Crippen molar-refractivity contribution in [2.24, 2.45) is 0 Å². The number of rotatable bonds is 5. The Labute approximate surface area is 108 Å². The van der Waals surface area contributed by atoms with Gasteiger partial charge in [0, 0.05) is 5.56 Å². The van der Waals surface area contributed by atoms with Crippen LogP contribution in [-0.4, -0.2) is 27.8 Å². The summed E-state index contributed by atoms with van der Waals surface area (Å²) >= 11 is 3.08. The number of carbonyl (C=O) groups excluding carboxylic acids is 1. The molecule has 1 aromatic carbocycles. The molecule has 17 heavy (non-hydrogen) atoms. The van der Waals surface area contributed by atoms with Crippen LogP contribution in [0.1, 0.15) is 24.2 Å². The first kappa shape index (κ1) is 13.7. The number of Topliss-reactive ketones (excluding diaryl/α,β-unsaturated/α-hetero) is 1. The fourth-order valence-electron chi connectivity index (χ4n) is 1.12. The maximum Gasteiger partial charge on any atom is 0.347 e. The van der Waals surface area contributed by atoms with Gasteiger partial charge in [0.1, 0.15) is 5.75 Å². The molecule has 0 saturated carbocycles. The van der Waals surface area contributed by atoms with E-state index >= 15 is 0 Å². The molecular formula is C12H13BrO4. The van der Waals surface area contributed by atoms with Gasteiger partial charge in [0.05, 0.1) is 5.33 Å². The Morgan fingerprint density at radius 1 is 1.29 bits per heavy atom. The van der Waals surface area contributed by atoms with Crippen molar-refractivity contribution in [3.8, 4) is 5.75 Å². The van der Waals surface area contributed by atoms with Crippen LogP contribution in [-0.2, 0) is 4.79 Å². The van der Waals surface area contributed by atoms with Gasteiger partial charge < -0.3 is 9.84 Å². The molecule has 0 spiro atoms. The van der Waals surface area contributed by atoms with Crippen LogP contribution in [0.15, 0.2) is 24.3 Å². The van der Waals surface area contributed by atoms with Gasteiger partial charge in [-0.3, -0.25) is 4.79 Å². The van der Waals surface area contributed by atoms with Crippen molar-refractivity contribution in [2.75, 3.05) is 5.33 Å². The SMILES string of the molecule is CC(C)(Oc1ccc(C(=O)CBr)cc1)C(=O)O. The Morgan fingerprint density at radius 2 is 1.82 bits per heavy atom. The summed E-state index contributed by atoms with van der Waals surface area (Å²) in [5, 5.41) is 9.16. The fraction of sp³-hybridized carbons (Fsp3) is 0.333. The van der Waals surface area contributed by atoms with Crippen molar-refractivity contribution in [3.63, 3.8) is 0 Å². The van der Waals surface area contributed by atoms with Crippen LogP contribution in [0.3, 0.4) is 0 Å². The van der Waals surface area contributed by atoms with Crippen LogP contribution >= 0.6 is 15.9 Å². The quantitative estimate of drug-likeness (QED) is 0.670. The number of carboxylic acid groups (broad SMARTS) is 1. The molecule has 0 radical (unpaired) electrons. The first-order valence-electron chi connectivity index (χ1n) is 4.98. The number of carbonyl (C=O) groups is 2. The molecule has 0 atom stereocenters. The van der Waals surface area contributed by atoms with Crippen molar-refractivity contribution in [3.05, 3.63) is 29.8 Å². The van der Waals surface area contributed by atoms with E-state index in [0.29, 0.717) is 11.3 Å². The predicted octanol–water partition coefficient (Wildman–Crippen LogP) is 2.51. The maximum atomic E-state index is 11.3. The van der Waals surface area contributed by atoms with Gasteiger partial charge in [-0.05, 0) is 38.1 Å². The summed E-state index contributed by atoms with van der Waals surface area (Å²) < 4.78 is 5.31. The number of aliphatic carboxylic acids is 1. The van der Waals surface area contributed by atoms with E-state index in [4.69, 9.17) is 9.84 Å². The molecule has 0 aliphatic carbocycles. The first-order valence-corrected chi connectivity index (χ1v) is 6.10. The van der Waals surface area contributed by atoms with Gasteiger partial charge >= 0.3 is 5.97 Å². The number of ether oxygens (including phenoxy) is 1. The molecule has 1 aromatic rings. The minimum atomic E-state index is -1.29. The summed E-state index contributed by atoms with van der Waals surface area (Å²) in [6.45, 7) is 2.93. The van der Waals surface area contributed by atoms with E-state index in [1.54, 1.807) is 24.3 Å². The zero-order chi connectivity index (χ0) is 13.1. The number of benzene rings is 1. The minimum Gasteiger partial charge on any atom is -0.478 e. The Balaban J connectivity index is 2.82. The second-order valence-corrected chi connectivity index (χ2v) is 4.56. The van der Waals surface area contributed by atoms with Crippen molar-refractivity contribution >= 4 is 27.7 Å². The normalized spacial score (nSPS) is 11.0. The average molecular weight is 301 g/mol. The number of alkyl halides is 1. The van der Waals surface area contributed by atoms with Crippen molar-refractivity contribution in [2.45, 2.75) is 19.4 Å². The highest BCUT2D eigenvalue weighted by Crippen LogP contribution is 2.19. The molecule has 0 unspecified atom stereocenters. The van der Waals surface area contributed by atoms with E-state index < -0.39 is 11.6 Å². The van der Waals surface area contributed by atoms with E-state index in [9.17, 15) is 9.59 Å². The lowest BCUT2D eigenvalue weighted by Crippen LogP contribution is -2.37. The Morgan fingerprint density at radius 3 is 2.24 bits per heavy atom. The van der Waals surface area contributed by atoms with E-state index in [-0.39, 0.29) is 11.1 Å². The summed E-state index contributed by atoms with van der Waals surface area (Å²) in [6, 6.07) is 6.38. The minimum absolute atomic E-state index is 0.0333. The summed E-state index contributed by atoms with van der Waals surface area (Å²) in [6.07, 6.45) is 0. The van der Waals surface area contributed by atoms with Gasteiger partial charge in [-0.2, -0.15) is 0 Å². The lowest BCUT2D eigenvalue weighted by molar-refractivity contribution is -0.152. The monoisotopic (exact) mass is 300 g/mol. The molecule has 5 heteroatoms. The summed E-state index contributed by atoms with van der Waals surface area (Å²) in [5.74, 6) is -0.657. The molecule has 0 aliphatic heterocycles. The molecule has 0 fully saturated rings. The third-order valence-corrected chi connectivity index (χ3v) is 2.69. The van der Waals surface area contributed by atoms with E-state index in [2.05, 4.69) is 15.9 Å². The Kier molecular flexibility index (Phi) is 4.28.